The van der Waals surface area contributed by atoms with Crippen LogP contribution in [0.4, 0.5) is 0 Å². The van der Waals surface area contributed by atoms with Crippen LogP contribution >= 0.6 is 0 Å². The van der Waals surface area contributed by atoms with E-state index in [0.717, 1.165) is 58.4 Å². The molecule has 0 spiro atoms. The quantitative estimate of drug-likeness (QED) is 0.615. The van der Waals surface area contributed by atoms with Crippen LogP contribution in [0, 0.1) is 10.8 Å². The number of benzene rings is 1. The highest BCUT2D eigenvalue weighted by atomic mass is 16.1. The lowest BCUT2D eigenvalue weighted by molar-refractivity contribution is -0.120. The number of piperazine rings is 1. The second-order valence-electron chi connectivity index (χ2n) is 11.1. The van der Waals surface area contributed by atoms with Gasteiger partial charge in [-0.2, -0.15) is 0 Å². The van der Waals surface area contributed by atoms with Gasteiger partial charge in [-0.3, -0.25) is 14.6 Å². The van der Waals surface area contributed by atoms with Crippen LogP contribution in [0.3, 0.4) is 0 Å². The molecule has 1 saturated heterocycles. The van der Waals surface area contributed by atoms with Gasteiger partial charge in [-0.15, -0.1) is 0 Å². The minimum absolute atomic E-state index is 0.330. The number of hydrogen-bond donors (Lipinski definition) is 0. The van der Waals surface area contributed by atoms with Crippen molar-refractivity contribution < 1.29 is 4.79 Å². The molecule has 0 radical (unpaired) electrons. The highest BCUT2D eigenvalue weighted by Crippen LogP contribution is 2.22. The molecular formula is C25H42N2O. The Morgan fingerprint density at radius 1 is 0.821 bits per heavy atom. The highest BCUT2D eigenvalue weighted by Gasteiger charge is 2.19. The predicted octanol–water partition coefficient (Wildman–Crippen LogP) is 5.18. The SMILES string of the molecule is CC(C)(C)CCCC(=O)CN1CCN(Cc2ccc(CC(C)(C)C)cc2)CC1. The standard InChI is InChI=1S/C25H42N2O/c1-24(2,3)13-7-8-23(28)20-27-16-14-26(15-17-27)19-22-11-9-21(10-12-22)18-25(4,5)6/h9-12H,7-8,13-20H2,1-6H3. The van der Waals surface area contributed by atoms with Gasteiger partial charge >= 0.3 is 0 Å². The Balaban J connectivity index is 1.68. The van der Waals surface area contributed by atoms with Gasteiger partial charge in [-0.25, -0.2) is 0 Å². The lowest BCUT2D eigenvalue weighted by Gasteiger charge is -2.34. The van der Waals surface area contributed by atoms with Crippen molar-refractivity contribution in [2.24, 2.45) is 10.8 Å². The number of carbonyl (C=O) groups is 1. The molecule has 28 heavy (non-hydrogen) atoms. The van der Waals surface area contributed by atoms with Crippen LogP contribution < -0.4 is 0 Å². The van der Waals surface area contributed by atoms with Crippen molar-refractivity contribution in [1.82, 2.24) is 9.80 Å². The van der Waals surface area contributed by atoms with Gasteiger partial charge in [0.25, 0.3) is 0 Å². The van der Waals surface area contributed by atoms with E-state index in [1.165, 1.54) is 11.1 Å². The van der Waals surface area contributed by atoms with Gasteiger partial charge in [0.15, 0.2) is 0 Å². The molecule has 0 saturated carbocycles. The lowest BCUT2D eigenvalue weighted by Crippen LogP contribution is -2.47. The third kappa shape index (κ3) is 9.34. The third-order valence-corrected chi connectivity index (χ3v) is 5.41. The fraction of sp³-hybridized carbons (Fsp3) is 0.720. The molecule has 0 aliphatic carbocycles. The molecule has 1 aliphatic heterocycles. The molecule has 0 atom stereocenters. The molecule has 158 valence electrons. The van der Waals surface area contributed by atoms with E-state index in [2.05, 4.69) is 75.6 Å². The molecule has 1 aromatic carbocycles. The van der Waals surface area contributed by atoms with Crippen molar-refractivity contribution in [3.63, 3.8) is 0 Å². The van der Waals surface area contributed by atoms with Gasteiger partial charge in [0.05, 0.1) is 6.54 Å². The normalized spacial score (nSPS) is 17.1. The molecule has 2 rings (SSSR count). The van der Waals surface area contributed by atoms with E-state index in [-0.39, 0.29) is 0 Å². The predicted molar refractivity (Wildman–Crippen MR) is 120 cm³/mol. The molecule has 1 heterocycles. The van der Waals surface area contributed by atoms with E-state index in [1.807, 2.05) is 0 Å². The molecule has 0 bridgehead atoms. The van der Waals surface area contributed by atoms with Crippen LogP contribution in [0.25, 0.3) is 0 Å². The van der Waals surface area contributed by atoms with E-state index >= 15 is 0 Å². The van der Waals surface area contributed by atoms with Crippen LogP contribution in [0.2, 0.25) is 0 Å². The van der Waals surface area contributed by atoms with Crippen LogP contribution in [0.1, 0.15) is 71.9 Å². The van der Waals surface area contributed by atoms with E-state index in [4.69, 9.17) is 0 Å². The maximum Gasteiger partial charge on any atom is 0.146 e. The summed E-state index contributed by atoms with van der Waals surface area (Å²) in [5, 5.41) is 0. The first-order chi connectivity index (χ1) is 13.0. The van der Waals surface area contributed by atoms with Gasteiger partial charge in [-0.05, 0) is 41.2 Å². The minimum Gasteiger partial charge on any atom is -0.298 e. The first-order valence-corrected chi connectivity index (χ1v) is 11.0. The Labute approximate surface area is 173 Å². The summed E-state index contributed by atoms with van der Waals surface area (Å²) >= 11 is 0. The molecule has 0 unspecified atom stereocenters. The average molecular weight is 387 g/mol. The van der Waals surface area contributed by atoms with E-state index in [0.29, 0.717) is 23.2 Å². The summed E-state index contributed by atoms with van der Waals surface area (Å²) in [4.78, 5) is 17.1. The van der Waals surface area contributed by atoms with Gasteiger partial charge in [0.2, 0.25) is 0 Å². The fourth-order valence-electron chi connectivity index (χ4n) is 3.88. The van der Waals surface area contributed by atoms with Crippen LogP contribution in [0.15, 0.2) is 24.3 Å². The molecule has 3 heteroatoms. The maximum atomic E-state index is 12.2. The molecule has 3 nitrogen and oxygen atoms in total. The first kappa shape index (κ1) is 23.1. The molecule has 1 aliphatic rings. The number of ketones is 1. The smallest absolute Gasteiger partial charge is 0.146 e. The van der Waals surface area contributed by atoms with Crippen molar-refractivity contribution in [2.75, 3.05) is 32.7 Å². The van der Waals surface area contributed by atoms with Crippen LogP contribution in [0.5, 0.6) is 0 Å². The summed E-state index contributed by atoms with van der Waals surface area (Å²) in [5.74, 6) is 0.409. The van der Waals surface area contributed by atoms with Crippen molar-refractivity contribution in [2.45, 2.75) is 73.8 Å². The molecule has 0 amide bonds. The van der Waals surface area contributed by atoms with Gasteiger partial charge in [-0.1, -0.05) is 65.8 Å². The summed E-state index contributed by atoms with van der Waals surface area (Å²) in [6.07, 6.45) is 4.00. The average Bonchev–Trinajstić information content (AvgIpc) is 2.56. The van der Waals surface area contributed by atoms with Crippen LogP contribution in [-0.4, -0.2) is 48.3 Å². The Kier molecular flexibility index (Phi) is 8.27. The zero-order chi connectivity index (χ0) is 20.8. The molecule has 0 aromatic heterocycles. The highest BCUT2D eigenvalue weighted by molar-refractivity contribution is 5.80. The van der Waals surface area contributed by atoms with Crippen LogP contribution in [-0.2, 0) is 17.8 Å². The monoisotopic (exact) mass is 386 g/mol. The molecule has 1 fully saturated rings. The summed E-state index contributed by atoms with van der Waals surface area (Å²) < 4.78 is 0. The second kappa shape index (κ2) is 10.0. The lowest BCUT2D eigenvalue weighted by atomic mass is 9.88. The topological polar surface area (TPSA) is 23.6 Å². The Bertz CT molecular complexity index is 599. The molecular weight excluding hydrogens is 344 g/mol. The summed E-state index contributed by atoms with van der Waals surface area (Å²) in [5.41, 5.74) is 3.48. The third-order valence-electron chi connectivity index (χ3n) is 5.41. The van der Waals surface area contributed by atoms with Crippen molar-refractivity contribution in [3.8, 4) is 0 Å². The maximum absolute atomic E-state index is 12.2. The van der Waals surface area contributed by atoms with E-state index in [9.17, 15) is 4.79 Å². The number of rotatable bonds is 8. The second-order valence-corrected chi connectivity index (χ2v) is 11.1. The molecule has 1 aromatic rings. The van der Waals surface area contributed by atoms with Gasteiger partial charge < -0.3 is 0 Å². The Morgan fingerprint density at radius 3 is 1.89 bits per heavy atom. The summed E-state index contributed by atoms with van der Waals surface area (Å²) in [7, 11) is 0. The molecule has 0 N–H and O–H groups in total. The van der Waals surface area contributed by atoms with Gasteiger partial charge in [0, 0.05) is 39.1 Å². The van der Waals surface area contributed by atoms with Crippen molar-refractivity contribution in [3.05, 3.63) is 35.4 Å². The van der Waals surface area contributed by atoms with Gasteiger partial charge in [0.1, 0.15) is 5.78 Å². The van der Waals surface area contributed by atoms with Crippen molar-refractivity contribution in [1.29, 1.82) is 0 Å². The van der Waals surface area contributed by atoms with Crippen molar-refractivity contribution >= 4 is 5.78 Å². The Morgan fingerprint density at radius 2 is 1.36 bits per heavy atom. The number of hydrogen-bond acceptors (Lipinski definition) is 3. The number of nitrogens with zero attached hydrogens (tertiary/aromatic N) is 2. The van der Waals surface area contributed by atoms with E-state index < -0.39 is 0 Å². The minimum atomic E-state index is 0.330. The summed E-state index contributed by atoms with van der Waals surface area (Å²) in [6, 6.07) is 9.14. The van der Waals surface area contributed by atoms with E-state index in [1.54, 1.807) is 0 Å². The number of Topliss-reactive ketones (excluding diaryl/α,β-unsaturated/α-hetero) is 1. The fourth-order valence-corrected chi connectivity index (χ4v) is 3.88. The largest absolute Gasteiger partial charge is 0.298 e. The first-order valence-electron chi connectivity index (χ1n) is 11.0. The zero-order valence-corrected chi connectivity index (χ0v) is 19.2. The number of carbonyl (C=O) groups excluding carboxylic acids is 1. The Hall–Kier alpha value is -1.19. The zero-order valence-electron chi connectivity index (χ0n) is 19.2. The summed E-state index contributed by atoms with van der Waals surface area (Å²) in [6.45, 7) is 19.4.